The molecule has 230 valence electrons. The highest BCUT2D eigenvalue weighted by atomic mass is 16.3. The molecule has 1 heterocycles. The molecule has 1 aromatic carbocycles. The van der Waals surface area contributed by atoms with Crippen LogP contribution in [-0.2, 0) is 10.4 Å². The molecule has 1 aromatic heterocycles. The lowest BCUT2D eigenvalue weighted by Gasteiger charge is -2.41. The Bertz CT molecular complexity index is 1210. The van der Waals surface area contributed by atoms with Crippen molar-refractivity contribution in [2.24, 2.45) is 23.2 Å². The number of rotatable bonds is 9. The number of amides is 1. The summed E-state index contributed by atoms with van der Waals surface area (Å²) in [5.74, 6) is 2.35. The molecule has 2 saturated carbocycles. The number of anilines is 2. The molecule has 1 N–H and O–H groups in total. The number of nitrogens with zero attached hydrogens (tertiary/aromatic N) is 5. The smallest absolute Gasteiger partial charge is 0.231 e. The molecule has 0 aliphatic heterocycles. The van der Waals surface area contributed by atoms with Crippen molar-refractivity contribution in [1.29, 1.82) is 5.26 Å². The number of benzene rings is 1. The molecule has 2 fully saturated rings. The molecule has 4 rings (SSSR count). The summed E-state index contributed by atoms with van der Waals surface area (Å²) in [6, 6.07) is 8.42. The number of hydrogen-bond acceptors (Lipinski definition) is 6. The van der Waals surface area contributed by atoms with Crippen LogP contribution in [0.5, 0.6) is 0 Å². The third kappa shape index (κ3) is 9.26. The van der Waals surface area contributed by atoms with E-state index in [1.807, 2.05) is 6.07 Å². The average molecular weight is 576 g/mol. The normalized spacial score (nSPS) is 20.0. The molecule has 0 bridgehead atoms. The summed E-state index contributed by atoms with van der Waals surface area (Å²) < 4.78 is 0. The fraction of sp³-hybridized carbons (Fsp3) is 0.657. The van der Waals surface area contributed by atoms with Gasteiger partial charge in [-0.3, -0.25) is 14.7 Å². The molecule has 0 radical (unpaired) electrons. The first-order chi connectivity index (χ1) is 19.7. The van der Waals surface area contributed by atoms with Crippen molar-refractivity contribution in [1.82, 2.24) is 9.97 Å². The van der Waals surface area contributed by atoms with E-state index in [-0.39, 0.29) is 11.8 Å². The van der Waals surface area contributed by atoms with Gasteiger partial charge in [0.25, 0.3) is 0 Å². The van der Waals surface area contributed by atoms with Crippen molar-refractivity contribution >= 4 is 17.4 Å². The fourth-order valence-corrected chi connectivity index (χ4v) is 6.53. The highest BCUT2D eigenvalue weighted by molar-refractivity contribution is 5.93. The lowest BCUT2D eigenvalue weighted by molar-refractivity contribution is -0.124. The predicted molar refractivity (Wildman–Crippen MR) is 171 cm³/mol. The minimum Gasteiger partial charge on any atom is -0.384 e. The van der Waals surface area contributed by atoms with Crippen LogP contribution in [0.1, 0.15) is 110 Å². The van der Waals surface area contributed by atoms with Crippen LogP contribution in [-0.4, -0.2) is 41.1 Å². The SMILES string of the molecule is CCCCN(CC1CC(C)CC(C)(C)C1)c1cc(C#N)ccc1C.CN(C(=O)C1CCC1)c1cnc(C(C)(C)O)cn1. The topological polar surface area (TPSA) is 93.4 Å². The third-order valence-electron chi connectivity index (χ3n) is 8.81. The number of carbonyl (C=O) groups is 1. The Morgan fingerprint density at radius 2 is 1.90 bits per heavy atom. The van der Waals surface area contributed by atoms with Crippen molar-refractivity contribution in [2.75, 3.05) is 29.9 Å². The summed E-state index contributed by atoms with van der Waals surface area (Å²) in [4.78, 5) is 24.5. The number of aliphatic hydroxyl groups is 1. The van der Waals surface area contributed by atoms with E-state index in [2.05, 4.69) is 67.7 Å². The van der Waals surface area contributed by atoms with E-state index in [0.717, 1.165) is 49.8 Å². The Balaban J connectivity index is 0.000000240. The average Bonchev–Trinajstić information content (AvgIpc) is 2.89. The molecular weight excluding hydrogens is 522 g/mol. The van der Waals surface area contributed by atoms with Crippen molar-refractivity contribution < 1.29 is 9.90 Å². The van der Waals surface area contributed by atoms with E-state index in [1.165, 1.54) is 55.7 Å². The summed E-state index contributed by atoms with van der Waals surface area (Å²) in [6.07, 6.45) is 12.5. The quantitative estimate of drug-likeness (QED) is 0.335. The maximum Gasteiger partial charge on any atom is 0.231 e. The Labute approximate surface area is 254 Å². The molecule has 2 aliphatic rings. The number of hydrogen-bond donors (Lipinski definition) is 1. The minimum atomic E-state index is -1.01. The maximum absolute atomic E-state index is 12.0. The number of nitriles is 1. The van der Waals surface area contributed by atoms with E-state index < -0.39 is 5.60 Å². The molecule has 42 heavy (non-hydrogen) atoms. The van der Waals surface area contributed by atoms with Gasteiger partial charge < -0.3 is 10.0 Å². The van der Waals surface area contributed by atoms with Gasteiger partial charge in [-0.05, 0) is 94.2 Å². The first kappa shape index (κ1) is 33.5. The van der Waals surface area contributed by atoms with Crippen molar-refractivity contribution in [3.8, 4) is 6.07 Å². The van der Waals surface area contributed by atoms with E-state index in [0.29, 0.717) is 16.9 Å². The van der Waals surface area contributed by atoms with Gasteiger partial charge >= 0.3 is 0 Å². The summed E-state index contributed by atoms with van der Waals surface area (Å²) in [6.45, 7) is 17.2. The Hall–Kier alpha value is -2.98. The van der Waals surface area contributed by atoms with Crippen LogP contribution >= 0.6 is 0 Å². The minimum absolute atomic E-state index is 0.103. The van der Waals surface area contributed by atoms with Crippen LogP contribution in [0.3, 0.4) is 0 Å². The van der Waals surface area contributed by atoms with Crippen molar-refractivity contribution in [3.63, 3.8) is 0 Å². The van der Waals surface area contributed by atoms with Gasteiger partial charge in [0, 0.05) is 31.7 Å². The highest BCUT2D eigenvalue weighted by Gasteiger charge is 2.33. The van der Waals surface area contributed by atoms with Gasteiger partial charge in [-0.2, -0.15) is 5.26 Å². The Morgan fingerprint density at radius 3 is 2.43 bits per heavy atom. The van der Waals surface area contributed by atoms with Crippen molar-refractivity contribution in [2.45, 2.75) is 105 Å². The molecule has 1 amide bonds. The fourth-order valence-electron chi connectivity index (χ4n) is 6.53. The van der Waals surface area contributed by atoms with Crippen LogP contribution in [0, 0.1) is 41.4 Å². The van der Waals surface area contributed by atoms with Crippen LogP contribution in [0.2, 0.25) is 0 Å². The second kappa shape index (κ2) is 14.5. The molecule has 2 atom stereocenters. The van der Waals surface area contributed by atoms with Crippen LogP contribution in [0.4, 0.5) is 11.5 Å². The number of carbonyl (C=O) groups excluding carboxylic acids is 1. The van der Waals surface area contributed by atoms with Gasteiger partial charge in [-0.15, -0.1) is 0 Å². The predicted octanol–water partition coefficient (Wildman–Crippen LogP) is 7.40. The van der Waals surface area contributed by atoms with Gasteiger partial charge in [0.05, 0.1) is 29.7 Å². The molecule has 7 heteroatoms. The van der Waals surface area contributed by atoms with E-state index in [4.69, 9.17) is 0 Å². The third-order valence-corrected chi connectivity index (χ3v) is 8.81. The highest BCUT2D eigenvalue weighted by Crippen LogP contribution is 2.42. The largest absolute Gasteiger partial charge is 0.384 e. The van der Waals surface area contributed by atoms with E-state index >= 15 is 0 Å². The van der Waals surface area contributed by atoms with Crippen LogP contribution in [0.25, 0.3) is 0 Å². The zero-order valence-corrected chi connectivity index (χ0v) is 27.3. The maximum atomic E-state index is 12.0. The second-order valence-corrected chi connectivity index (χ2v) is 14.0. The lowest BCUT2D eigenvalue weighted by Crippen LogP contribution is -2.37. The van der Waals surface area contributed by atoms with Crippen LogP contribution in [0.15, 0.2) is 30.6 Å². The van der Waals surface area contributed by atoms with Crippen molar-refractivity contribution in [3.05, 3.63) is 47.4 Å². The summed E-state index contributed by atoms with van der Waals surface area (Å²) in [5.41, 5.74) is 3.27. The molecule has 0 saturated heterocycles. The summed E-state index contributed by atoms with van der Waals surface area (Å²) in [5, 5.41) is 19.0. The van der Waals surface area contributed by atoms with Crippen LogP contribution < -0.4 is 9.80 Å². The number of aromatic nitrogens is 2. The first-order valence-corrected chi connectivity index (χ1v) is 15.8. The Kier molecular flexibility index (Phi) is 11.5. The zero-order valence-electron chi connectivity index (χ0n) is 27.3. The number of unbranched alkanes of at least 4 members (excludes halogenated alkanes) is 1. The second-order valence-electron chi connectivity index (χ2n) is 14.0. The van der Waals surface area contributed by atoms with Gasteiger partial charge in [-0.1, -0.05) is 46.6 Å². The molecule has 2 aromatic rings. The number of aryl methyl sites for hydroxylation is 1. The van der Waals surface area contributed by atoms with E-state index in [9.17, 15) is 15.2 Å². The lowest BCUT2D eigenvalue weighted by atomic mass is 9.68. The molecule has 7 nitrogen and oxygen atoms in total. The van der Waals surface area contributed by atoms with Gasteiger partial charge in [0.1, 0.15) is 5.60 Å². The van der Waals surface area contributed by atoms with Gasteiger partial charge in [0.2, 0.25) is 5.91 Å². The summed E-state index contributed by atoms with van der Waals surface area (Å²) in [7, 11) is 1.72. The van der Waals surface area contributed by atoms with Gasteiger partial charge in [-0.25, -0.2) is 4.98 Å². The molecule has 2 unspecified atom stereocenters. The molecule has 0 spiro atoms. The first-order valence-electron chi connectivity index (χ1n) is 15.8. The Morgan fingerprint density at radius 1 is 1.19 bits per heavy atom. The molecule has 2 aliphatic carbocycles. The van der Waals surface area contributed by atoms with Gasteiger partial charge in [0.15, 0.2) is 5.82 Å². The molecular formula is C35H53N5O2. The summed E-state index contributed by atoms with van der Waals surface area (Å²) >= 11 is 0. The standard InChI is InChI=1S/C22H34N2.C13H19N3O2/c1-6-7-10-24(21-12-19(15-23)9-8-18(21)3)16-20-11-17(2)13-22(4,5)14-20;1-13(2,18)10-7-15-11(8-14-10)16(3)12(17)9-5-4-6-9/h8-9,12,17,20H,6-7,10-11,13-14,16H2,1-5H3;7-9,18H,4-6H2,1-3H3. The monoisotopic (exact) mass is 575 g/mol. The zero-order chi connectivity index (χ0) is 31.1. The van der Waals surface area contributed by atoms with E-state index in [1.54, 1.807) is 25.8 Å².